The van der Waals surface area contributed by atoms with Crippen LogP contribution in [-0.2, 0) is 4.79 Å². The summed E-state index contributed by atoms with van der Waals surface area (Å²) in [7, 11) is 3.16. The lowest BCUT2D eigenvalue weighted by Crippen LogP contribution is -2.27. The summed E-state index contributed by atoms with van der Waals surface area (Å²) >= 11 is 13.0. The van der Waals surface area contributed by atoms with E-state index >= 15 is 0 Å². The molecule has 32 heavy (non-hydrogen) atoms. The number of hydrogen-bond donors (Lipinski definition) is 0. The first-order valence-corrected chi connectivity index (χ1v) is 11.6. The van der Waals surface area contributed by atoms with Gasteiger partial charge in [-0.3, -0.25) is 9.69 Å². The van der Waals surface area contributed by atoms with Crippen molar-refractivity contribution in [2.24, 2.45) is 0 Å². The molecule has 170 valence electrons. The number of carbonyl (C=O) groups is 1. The number of likely N-dealkylation sites (N-methyl/N-ethyl adjacent to an activating group) is 1. The average molecular weight is 494 g/mol. The van der Waals surface area contributed by atoms with Crippen molar-refractivity contribution in [3.63, 3.8) is 0 Å². The van der Waals surface area contributed by atoms with Crippen molar-refractivity contribution >= 4 is 51.9 Å². The van der Waals surface area contributed by atoms with Crippen LogP contribution >= 0.6 is 35.6 Å². The Morgan fingerprint density at radius 3 is 2.53 bits per heavy atom. The van der Waals surface area contributed by atoms with E-state index in [1.54, 1.807) is 37.3 Å². The smallest absolute Gasteiger partial charge is 0.266 e. The fourth-order valence-corrected chi connectivity index (χ4v) is 4.66. The quantitative estimate of drug-likeness (QED) is 0.248. The van der Waals surface area contributed by atoms with Gasteiger partial charge in [-0.25, -0.2) is 0 Å². The summed E-state index contributed by atoms with van der Waals surface area (Å²) in [6.45, 7) is 3.31. The first-order valence-electron chi connectivity index (χ1n) is 9.99. The Morgan fingerprint density at radius 2 is 1.84 bits per heavy atom. The highest BCUT2D eigenvalue weighted by molar-refractivity contribution is 8.26. The molecule has 2 aromatic rings. The molecule has 0 unspecified atom stereocenters. The van der Waals surface area contributed by atoms with E-state index in [1.165, 1.54) is 11.8 Å². The summed E-state index contributed by atoms with van der Waals surface area (Å²) in [6.07, 6.45) is 2.41. The van der Waals surface area contributed by atoms with Gasteiger partial charge in [0.25, 0.3) is 5.91 Å². The van der Waals surface area contributed by atoms with Gasteiger partial charge in [0.15, 0.2) is 11.5 Å². The normalized spacial score (nSPS) is 14.8. The molecule has 1 saturated heterocycles. The van der Waals surface area contributed by atoms with Crippen molar-refractivity contribution in [3.05, 3.63) is 51.9 Å². The molecule has 1 amide bonds. The van der Waals surface area contributed by atoms with Crippen LogP contribution in [-0.4, -0.2) is 49.1 Å². The maximum absolute atomic E-state index is 12.4. The van der Waals surface area contributed by atoms with E-state index in [2.05, 4.69) is 0 Å². The van der Waals surface area contributed by atoms with E-state index < -0.39 is 0 Å². The molecule has 1 aliphatic heterocycles. The van der Waals surface area contributed by atoms with Crippen molar-refractivity contribution in [1.29, 1.82) is 0 Å². The van der Waals surface area contributed by atoms with Crippen LogP contribution in [0.25, 0.3) is 6.08 Å². The second kappa shape index (κ2) is 11.4. The van der Waals surface area contributed by atoms with Crippen molar-refractivity contribution < 1.29 is 23.7 Å². The molecule has 6 nitrogen and oxygen atoms in total. The molecule has 3 rings (SSSR count). The zero-order valence-electron chi connectivity index (χ0n) is 18.1. The first kappa shape index (κ1) is 24.2. The third-order valence-corrected chi connectivity index (χ3v) is 6.24. The van der Waals surface area contributed by atoms with E-state index in [-0.39, 0.29) is 5.91 Å². The molecule has 0 spiro atoms. The summed E-state index contributed by atoms with van der Waals surface area (Å²) in [5.41, 5.74) is 0.733. The van der Waals surface area contributed by atoms with Crippen LogP contribution in [0.5, 0.6) is 23.0 Å². The second-order valence-corrected chi connectivity index (χ2v) is 8.77. The zero-order valence-corrected chi connectivity index (χ0v) is 20.4. The molecular weight excluding hydrogens is 470 g/mol. The number of halogens is 1. The number of hydrogen-bond acceptors (Lipinski definition) is 7. The molecule has 1 heterocycles. The highest BCUT2D eigenvalue weighted by Crippen LogP contribution is 2.39. The number of amides is 1. The van der Waals surface area contributed by atoms with Gasteiger partial charge in [0.2, 0.25) is 0 Å². The Kier molecular flexibility index (Phi) is 8.67. The number of carbonyl (C=O) groups excluding carboxylic acids is 1. The molecule has 2 aromatic carbocycles. The number of rotatable bonds is 10. The van der Waals surface area contributed by atoms with E-state index in [9.17, 15) is 4.79 Å². The summed E-state index contributed by atoms with van der Waals surface area (Å²) in [4.78, 5) is 14.6. The molecule has 1 aliphatic rings. The monoisotopic (exact) mass is 493 g/mol. The second-order valence-electron chi connectivity index (χ2n) is 6.69. The predicted octanol–water partition coefficient (Wildman–Crippen LogP) is 5.43. The van der Waals surface area contributed by atoms with Crippen LogP contribution in [0.2, 0.25) is 5.02 Å². The molecule has 1 fully saturated rings. The molecule has 0 radical (unpaired) electrons. The van der Waals surface area contributed by atoms with Gasteiger partial charge in [-0.2, -0.15) is 0 Å². The standard InChI is InChI=1S/C23H24ClNO5S2/c1-4-25-22(26)20(32-23(25)31)13-15-11-18(24)21(19(12-15)28-3)30-10-6-9-29-17-8-5-7-16(14-17)27-2/h5,7-8,11-14H,4,6,9-10H2,1-3H3/b20-13-. The van der Waals surface area contributed by atoms with Crippen LogP contribution in [0.15, 0.2) is 41.3 Å². The number of nitrogens with zero attached hydrogens (tertiary/aromatic N) is 1. The largest absolute Gasteiger partial charge is 0.497 e. The minimum Gasteiger partial charge on any atom is -0.497 e. The lowest BCUT2D eigenvalue weighted by molar-refractivity contribution is -0.121. The Morgan fingerprint density at radius 1 is 1.09 bits per heavy atom. The fourth-order valence-electron chi connectivity index (χ4n) is 3.00. The fraction of sp³-hybridized carbons (Fsp3) is 0.304. The van der Waals surface area contributed by atoms with Gasteiger partial charge in [-0.05, 0) is 42.8 Å². The van der Waals surface area contributed by atoms with Gasteiger partial charge in [0.1, 0.15) is 15.8 Å². The van der Waals surface area contributed by atoms with Gasteiger partial charge in [-0.1, -0.05) is 41.6 Å². The van der Waals surface area contributed by atoms with Crippen molar-refractivity contribution in [1.82, 2.24) is 4.90 Å². The van der Waals surface area contributed by atoms with Crippen LogP contribution in [0.3, 0.4) is 0 Å². The van der Waals surface area contributed by atoms with E-state index in [1.807, 2.05) is 31.2 Å². The van der Waals surface area contributed by atoms with E-state index in [4.69, 9.17) is 42.8 Å². The maximum atomic E-state index is 12.4. The summed E-state index contributed by atoms with van der Waals surface area (Å²) < 4.78 is 22.8. The molecule has 0 aromatic heterocycles. The minimum absolute atomic E-state index is 0.103. The van der Waals surface area contributed by atoms with Gasteiger partial charge in [-0.15, -0.1) is 0 Å². The van der Waals surface area contributed by atoms with E-state index in [0.29, 0.717) is 51.9 Å². The highest BCUT2D eigenvalue weighted by atomic mass is 35.5. The molecule has 9 heteroatoms. The van der Waals surface area contributed by atoms with Crippen LogP contribution in [0.1, 0.15) is 18.9 Å². The number of benzene rings is 2. The van der Waals surface area contributed by atoms with Crippen LogP contribution < -0.4 is 18.9 Å². The Bertz CT molecular complexity index is 1030. The number of ether oxygens (including phenoxy) is 4. The summed E-state index contributed by atoms with van der Waals surface area (Å²) in [5, 5.41) is 0.398. The lowest BCUT2D eigenvalue weighted by atomic mass is 10.1. The van der Waals surface area contributed by atoms with Crippen molar-refractivity contribution in [2.75, 3.05) is 34.0 Å². The third kappa shape index (κ3) is 5.88. The third-order valence-electron chi connectivity index (χ3n) is 4.58. The zero-order chi connectivity index (χ0) is 23.1. The molecule has 0 atom stereocenters. The topological polar surface area (TPSA) is 57.2 Å². The van der Waals surface area contributed by atoms with Crippen LogP contribution in [0.4, 0.5) is 0 Å². The lowest BCUT2D eigenvalue weighted by Gasteiger charge is -2.14. The maximum Gasteiger partial charge on any atom is 0.266 e. The van der Waals surface area contributed by atoms with Crippen LogP contribution in [0, 0.1) is 0 Å². The van der Waals surface area contributed by atoms with Crippen molar-refractivity contribution in [3.8, 4) is 23.0 Å². The molecule has 0 N–H and O–H groups in total. The Labute approximate surface area is 202 Å². The number of thioether (sulfide) groups is 1. The van der Waals surface area contributed by atoms with Gasteiger partial charge < -0.3 is 18.9 Å². The minimum atomic E-state index is -0.103. The highest BCUT2D eigenvalue weighted by Gasteiger charge is 2.30. The van der Waals surface area contributed by atoms with Gasteiger partial charge in [0, 0.05) is 19.0 Å². The first-order chi connectivity index (χ1) is 15.5. The predicted molar refractivity (Wildman–Crippen MR) is 132 cm³/mol. The SMILES string of the molecule is CCN1C(=O)/C(=C/c2cc(Cl)c(OCCCOc3cccc(OC)c3)c(OC)c2)SC1=S. The molecule has 0 saturated carbocycles. The van der Waals surface area contributed by atoms with Gasteiger partial charge in [0.05, 0.1) is 37.4 Å². The number of methoxy groups -OCH3 is 2. The molecule has 0 bridgehead atoms. The number of thiocarbonyl (C=S) groups is 1. The average Bonchev–Trinajstić information content (AvgIpc) is 3.06. The Balaban J connectivity index is 1.61. The van der Waals surface area contributed by atoms with E-state index in [0.717, 1.165) is 17.1 Å². The summed E-state index contributed by atoms with van der Waals surface area (Å²) in [5.74, 6) is 2.32. The van der Waals surface area contributed by atoms with Gasteiger partial charge >= 0.3 is 0 Å². The molecular formula is C23H24ClNO5S2. The molecule has 0 aliphatic carbocycles. The summed E-state index contributed by atoms with van der Waals surface area (Å²) in [6, 6.07) is 11.0. The van der Waals surface area contributed by atoms with Crippen molar-refractivity contribution in [2.45, 2.75) is 13.3 Å². The Hall–Kier alpha value is -2.42.